The minimum atomic E-state index is -0.508. The van der Waals surface area contributed by atoms with E-state index in [-0.39, 0.29) is 19.1 Å². The molecule has 0 saturated heterocycles. The summed E-state index contributed by atoms with van der Waals surface area (Å²) < 4.78 is 6.72. The molecule has 1 aromatic heterocycles. The highest BCUT2D eigenvalue weighted by Crippen LogP contribution is 2.10. The lowest BCUT2D eigenvalue weighted by Crippen LogP contribution is -2.33. The van der Waals surface area contributed by atoms with Gasteiger partial charge in [0.2, 0.25) is 0 Å². The molecule has 0 spiro atoms. The van der Waals surface area contributed by atoms with Crippen LogP contribution in [0.2, 0.25) is 5.15 Å². The van der Waals surface area contributed by atoms with Crippen molar-refractivity contribution in [2.75, 3.05) is 13.6 Å². The molecule has 0 unspecified atom stereocenters. The molecule has 116 valence electrons. The first kappa shape index (κ1) is 16.0. The molecule has 0 N–H and O–H groups in total. The maximum absolute atomic E-state index is 12.1. The van der Waals surface area contributed by atoms with E-state index in [1.165, 1.54) is 11.1 Å². The lowest BCUT2D eigenvalue weighted by molar-refractivity contribution is -0.145. The highest BCUT2D eigenvalue weighted by molar-refractivity contribution is 6.29. The summed E-state index contributed by atoms with van der Waals surface area (Å²) in [6.45, 7) is -0.124. The van der Waals surface area contributed by atoms with E-state index in [0.29, 0.717) is 16.5 Å². The molecule has 0 aliphatic heterocycles. The number of imidazole rings is 1. The molecule has 0 atom stereocenters. The maximum atomic E-state index is 12.1. The van der Waals surface area contributed by atoms with Gasteiger partial charge in [0.25, 0.3) is 5.91 Å². The van der Waals surface area contributed by atoms with Crippen molar-refractivity contribution in [3.05, 3.63) is 53.1 Å². The molecule has 22 heavy (non-hydrogen) atoms. The predicted octanol–water partition coefficient (Wildman–Crippen LogP) is 1.89. The number of rotatable bonds is 5. The van der Waals surface area contributed by atoms with Crippen LogP contribution in [0.1, 0.15) is 16.2 Å². The monoisotopic (exact) mass is 321 g/mol. The smallest absolute Gasteiger partial charge is 0.326 e. The average molecular weight is 322 g/mol. The molecular weight excluding hydrogens is 306 g/mol. The standard InChI is InChI=1S/C15H16ClN3O3/c1-18(15(21)11-6-4-3-5-7-11)9-14(20)22-10-13-17-8-12(16)19(13)2/h3-8H,9-10H2,1-2H3. The van der Waals surface area contributed by atoms with Gasteiger partial charge < -0.3 is 14.2 Å². The highest BCUT2D eigenvalue weighted by Gasteiger charge is 2.16. The van der Waals surface area contributed by atoms with Crippen LogP contribution in [0.3, 0.4) is 0 Å². The van der Waals surface area contributed by atoms with E-state index in [2.05, 4.69) is 4.98 Å². The number of amides is 1. The van der Waals surface area contributed by atoms with Crippen molar-refractivity contribution in [2.45, 2.75) is 6.61 Å². The van der Waals surface area contributed by atoms with E-state index < -0.39 is 5.97 Å². The number of benzene rings is 1. The molecule has 6 nitrogen and oxygen atoms in total. The fourth-order valence-corrected chi connectivity index (χ4v) is 1.96. The van der Waals surface area contributed by atoms with Crippen molar-refractivity contribution >= 4 is 23.5 Å². The lowest BCUT2D eigenvalue weighted by Gasteiger charge is -2.16. The van der Waals surface area contributed by atoms with Crippen LogP contribution in [0.25, 0.3) is 0 Å². The van der Waals surface area contributed by atoms with E-state index in [0.717, 1.165) is 0 Å². The van der Waals surface area contributed by atoms with Gasteiger partial charge in [-0.15, -0.1) is 0 Å². The third-order valence-electron chi connectivity index (χ3n) is 3.12. The molecule has 1 amide bonds. The number of nitrogens with zero attached hydrogens (tertiary/aromatic N) is 3. The molecule has 0 aliphatic carbocycles. The zero-order valence-corrected chi connectivity index (χ0v) is 13.1. The second kappa shape index (κ2) is 7.09. The van der Waals surface area contributed by atoms with E-state index in [1.807, 2.05) is 6.07 Å². The van der Waals surface area contributed by atoms with Crippen LogP contribution >= 0.6 is 11.6 Å². The van der Waals surface area contributed by atoms with Gasteiger partial charge in [-0.1, -0.05) is 29.8 Å². The number of esters is 1. The van der Waals surface area contributed by atoms with Crippen molar-refractivity contribution in [2.24, 2.45) is 7.05 Å². The number of ether oxygens (including phenoxy) is 1. The zero-order valence-electron chi connectivity index (χ0n) is 12.3. The van der Waals surface area contributed by atoms with Gasteiger partial charge in [0, 0.05) is 19.7 Å². The summed E-state index contributed by atoms with van der Waals surface area (Å²) in [5.74, 6) is -0.209. The second-order valence-corrected chi connectivity index (χ2v) is 5.13. The van der Waals surface area contributed by atoms with Gasteiger partial charge in [-0.05, 0) is 12.1 Å². The number of hydrogen-bond acceptors (Lipinski definition) is 4. The Morgan fingerprint density at radius 2 is 2.00 bits per heavy atom. The molecule has 7 heteroatoms. The van der Waals surface area contributed by atoms with Gasteiger partial charge in [-0.2, -0.15) is 0 Å². The van der Waals surface area contributed by atoms with Crippen LogP contribution in [0.15, 0.2) is 36.5 Å². The number of aromatic nitrogens is 2. The molecular formula is C15H16ClN3O3. The fourth-order valence-electron chi connectivity index (χ4n) is 1.82. The SMILES string of the molecule is CN(CC(=O)OCc1ncc(Cl)n1C)C(=O)c1ccccc1. The Balaban J connectivity index is 1.86. The highest BCUT2D eigenvalue weighted by atomic mass is 35.5. The lowest BCUT2D eigenvalue weighted by atomic mass is 10.2. The van der Waals surface area contributed by atoms with E-state index in [1.54, 1.807) is 42.9 Å². The maximum Gasteiger partial charge on any atom is 0.326 e. The third-order valence-corrected chi connectivity index (χ3v) is 3.47. The van der Waals surface area contributed by atoms with Crippen LogP contribution in [0, 0.1) is 0 Å². The van der Waals surface area contributed by atoms with E-state index >= 15 is 0 Å². The van der Waals surface area contributed by atoms with Crippen LogP contribution in [0.4, 0.5) is 0 Å². The van der Waals surface area contributed by atoms with Gasteiger partial charge in [0.15, 0.2) is 0 Å². The molecule has 0 saturated carbocycles. The summed E-state index contributed by atoms with van der Waals surface area (Å²) in [4.78, 5) is 29.2. The van der Waals surface area contributed by atoms with Gasteiger partial charge in [-0.3, -0.25) is 9.59 Å². The topological polar surface area (TPSA) is 64.4 Å². The Labute approximate surface area is 133 Å². The number of carbonyl (C=O) groups is 2. The largest absolute Gasteiger partial charge is 0.456 e. The molecule has 0 bridgehead atoms. The molecule has 2 aromatic rings. The molecule has 0 aliphatic rings. The Hall–Kier alpha value is -2.34. The molecule has 1 heterocycles. The van der Waals surface area contributed by atoms with E-state index in [9.17, 15) is 9.59 Å². The number of hydrogen-bond donors (Lipinski definition) is 0. The van der Waals surface area contributed by atoms with Crippen LogP contribution < -0.4 is 0 Å². The van der Waals surface area contributed by atoms with Gasteiger partial charge in [0.05, 0.1) is 6.20 Å². The number of carbonyl (C=O) groups excluding carboxylic acids is 2. The minimum absolute atomic E-state index is 0.00935. The van der Waals surface area contributed by atoms with Crippen LogP contribution in [-0.2, 0) is 23.2 Å². The van der Waals surface area contributed by atoms with Crippen molar-refractivity contribution < 1.29 is 14.3 Å². The van der Waals surface area contributed by atoms with Crippen molar-refractivity contribution in [3.63, 3.8) is 0 Å². The Kier molecular flexibility index (Phi) is 5.16. The average Bonchev–Trinajstić information content (AvgIpc) is 2.84. The molecule has 0 radical (unpaired) electrons. The zero-order chi connectivity index (χ0) is 16.1. The fraction of sp³-hybridized carbons (Fsp3) is 0.267. The van der Waals surface area contributed by atoms with Crippen molar-refractivity contribution in [3.8, 4) is 0 Å². The normalized spacial score (nSPS) is 10.3. The summed E-state index contributed by atoms with van der Waals surface area (Å²) in [5, 5.41) is 0.461. The van der Waals surface area contributed by atoms with Crippen LogP contribution in [-0.4, -0.2) is 39.9 Å². The summed E-state index contributed by atoms with van der Waals surface area (Å²) >= 11 is 5.85. The van der Waals surface area contributed by atoms with Gasteiger partial charge >= 0.3 is 5.97 Å². The Morgan fingerprint density at radius 3 is 2.59 bits per heavy atom. The van der Waals surface area contributed by atoms with E-state index in [4.69, 9.17) is 16.3 Å². The second-order valence-electron chi connectivity index (χ2n) is 4.74. The summed E-state index contributed by atoms with van der Waals surface area (Å²) in [6.07, 6.45) is 1.48. The number of halogens is 1. The summed E-state index contributed by atoms with van der Waals surface area (Å²) in [7, 11) is 3.28. The minimum Gasteiger partial charge on any atom is -0.456 e. The first-order valence-corrected chi connectivity index (χ1v) is 6.99. The summed E-state index contributed by atoms with van der Waals surface area (Å²) in [6, 6.07) is 8.75. The Bertz CT molecular complexity index is 670. The number of likely N-dealkylation sites (N-methyl/N-ethyl adjacent to an activating group) is 1. The first-order chi connectivity index (χ1) is 10.5. The van der Waals surface area contributed by atoms with Crippen molar-refractivity contribution in [1.82, 2.24) is 14.5 Å². The van der Waals surface area contributed by atoms with Crippen molar-refractivity contribution in [1.29, 1.82) is 0 Å². The van der Waals surface area contributed by atoms with Gasteiger partial charge in [0.1, 0.15) is 24.1 Å². The molecule has 2 rings (SSSR count). The van der Waals surface area contributed by atoms with Gasteiger partial charge in [-0.25, -0.2) is 4.98 Å². The predicted molar refractivity (Wildman–Crippen MR) is 81.4 cm³/mol. The first-order valence-electron chi connectivity index (χ1n) is 6.61. The Morgan fingerprint density at radius 1 is 1.32 bits per heavy atom. The third kappa shape index (κ3) is 3.85. The molecule has 0 fully saturated rings. The van der Waals surface area contributed by atoms with Crippen LogP contribution in [0.5, 0.6) is 0 Å². The quantitative estimate of drug-likeness (QED) is 0.789. The summed E-state index contributed by atoms with van der Waals surface area (Å²) in [5.41, 5.74) is 0.522. The molecule has 1 aromatic carbocycles.